The maximum Gasteiger partial charge on any atom is 0.159 e. The number of hydrogen-bond donors (Lipinski definition) is 2. The van der Waals surface area contributed by atoms with Gasteiger partial charge in [0.2, 0.25) is 0 Å². The lowest BCUT2D eigenvalue weighted by molar-refractivity contribution is 0.101. The van der Waals surface area contributed by atoms with Gasteiger partial charge in [0.25, 0.3) is 0 Å². The van der Waals surface area contributed by atoms with E-state index < -0.39 is 6.10 Å². The van der Waals surface area contributed by atoms with Crippen molar-refractivity contribution in [3.8, 4) is 0 Å². The molecule has 106 valence electrons. The van der Waals surface area contributed by atoms with Crippen molar-refractivity contribution in [2.75, 3.05) is 25.1 Å². The normalized spacial score (nSPS) is 12.4. The van der Waals surface area contributed by atoms with Crippen molar-refractivity contribution in [3.63, 3.8) is 0 Å². The lowest BCUT2D eigenvalue weighted by Crippen LogP contribution is -2.31. The first-order valence-corrected chi connectivity index (χ1v) is 6.56. The van der Waals surface area contributed by atoms with Gasteiger partial charge >= 0.3 is 0 Å². The molecular weight excluding hydrogens is 254 g/mol. The number of carbonyl (C=O) groups excluding carboxylic acids is 1. The summed E-state index contributed by atoms with van der Waals surface area (Å²) in [7, 11) is 1.87. The first-order valence-electron chi connectivity index (χ1n) is 6.56. The van der Waals surface area contributed by atoms with E-state index in [1.54, 1.807) is 6.92 Å². The van der Waals surface area contributed by atoms with Crippen LogP contribution < -0.4 is 4.90 Å². The number of aliphatic hydroxyl groups excluding tert-OH is 2. The number of likely N-dealkylation sites (N-methyl/N-ethyl adjacent to an activating group) is 1. The Kier molecular flexibility index (Phi) is 4.37. The fourth-order valence-electron chi connectivity index (χ4n) is 2.17. The van der Waals surface area contributed by atoms with E-state index in [1.807, 2.05) is 48.3 Å². The number of benzene rings is 2. The molecule has 0 spiro atoms. The Hall–Kier alpha value is -1.91. The second-order valence-electron chi connectivity index (χ2n) is 5.02. The number of Topliss-reactive ketones (excluding diaryl/α,β-unsaturated/α-hetero) is 1. The van der Waals surface area contributed by atoms with Crippen molar-refractivity contribution in [3.05, 3.63) is 42.0 Å². The third kappa shape index (κ3) is 3.15. The summed E-state index contributed by atoms with van der Waals surface area (Å²) in [6.07, 6.45) is -0.754. The summed E-state index contributed by atoms with van der Waals surface area (Å²) in [5, 5.41) is 20.4. The summed E-state index contributed by atoms with van der Waals surface area (Å²) in [6, 6.07) is 11.5. The number of rotatable bonds is 5. The molecule has 4 nitrogen and oxygen atoms in total. The number of nitrogens with zero attached hydrogens (tertiary/aromatic N) is 1. The minimum atomic E-state index is -0.754. The minimum absolute atomic E-state index is 0.0548. The third-order valence-corrected chi connectivity index (χ3v) is 3.37. The number of ketones is 1. The summed E-state index contributed by atoms with van der Waals surface area (Å²) < 4.78 is 0. The Balaban J connectivity index is 2.30. The molecule has 2 rings (SSSR count). The number of anilines is 1. The molecule has 4 heteroatoms. The van der Waals surface area contributed by atoms with Crippen molar-refractivity contribution in [1.29, 1.82) is 0 Å². The molecule has 0 amide bonds. The average Bonchev–Trinajstić information content (AvgIpc) is 2.45. The Morgan fingerprint density at radius 2 is 1.85 bits per heavy atom. The molecule has 1 unspecified atom stereocenters. The second kappa shape index (κ2) is 6.03. The van der Waals surface area contributed by atoms with Crippen molar-refractivity contribution in [2.24, 2.45) is 0 Å². The standard InChI is InChI=1S/C16H19NO3/c1-11(19)12-3-4-14-8-15(6-5-13(14)7-12)17(2)9-16(20)10-18/h3-8,16,18,20H,9-10H2,1-2H3. The molecule has 20 heavy (non-hydrogen) atoms. The quantitative estimate of drug-likeness (QED) is 0.816. The summed E-state index contributed by atoms with van der Waals surface area (Å²) in [4.78, 5) is 13.2. The highest BCUT2D eigenvalue weighted by Gasteiger charge is 2.08. The van der Waals surface area contributed by atoms with Gasteiger partial charge in [-0.25, -0.2) is 0 Å². The lowest BCUT2D eigenvalue weighted by Gasteiger charge is -2.22. The molecule has 0 aliphatic rings. The topological polar surface area (TPSA) is 60.8 Å². The van der Waals surface area contributed by atoms with Crippen molar-refractivity contribution >= 4 is 22.2 Å². The summed E-state index contributed by atoms with van der Waals surface area (Å²) in [5.41, 5.74) is 1.66. The molecule has 0 bridgehead atoms. The largest absolute Gasteiger partial charge is 0.394 e. The van der Waals surface area contributed by atoms with Gasteiger partial charge in [0.1, 0.15) is 0 Å². The van der Waals surface area contributed by atoms with Gasteiger partial charge in [-0.3, -0.25) is 4.79 Å². The highest BCUT2D eigenvalue weighted by Crippen LogP contribution is 2.23. The smallest absolute Gasteiger partial charge is 0.159 e. The Morgan fingerprint density at radius 3 is 2.50 bits per heavy atom. The van der Waals surface area contributed by atoms with E-state index in [1.165, 1.54) is 0 Å². The van der Waals surface area contributed by atoms with Gasteiger partial charge in [-0.2, -0.15) is 0 Å². The average molecular weight is 273 g/mol. The first kappa shape index (κ1) is 14.5. The molecule has 0 aromatic heterocycles. The zero-order valence-corrected chi connectivity index (χ0v) is 11.7. The molecule has 2 aromatic rings. The molecular formula is C16H19NO3. The molecule has 0 heterocycles. The zero-order chi connectivity index (χ0) is 14.7. The molecule has 2 N–H and O–H groups in total. The fourth-order valence-corrected chi connectivity index (χ4v) is 2.17. The summed E-state index contributed by atoms with van der Waals surface area (Å²) in [5.74, 6) is 0.0548. The van der Waals surface area contributed by atoms with Gasteiger partial charge in [0, 0.05) is 24.8 Å². The van der Waals surface area contributed by atoms with Crippen LogP contribution in [0, 0.1) is 0 Å². The van der Waals surface area contributed by atoms with Gasteiger partial charge in [-0.05, 0) is 35.9 Å². The van der Waals surface area contributed by atoms with Gasteiger partial charge in [-0.1, -0.05) is 18.2 Å². The Morgan fingerprint density at radius 1 is 1.20 bits per heavy atom. The van der Waals surface area contributed by atoms with Gasteiger partial charge in [0.05, 0.1) is 12.7 Å². The van der Waals surface area contributed by atoms with Crippen molar-refractivity contribution in [1.82, 2.24) is 0 Å². The predicted molar refractivity (Wildman–Crippen MR) is 80.3 cm³/mol. The molecule has 0 saturated heterocycles. The van der Waals surface area contributed by atoms with Crippen LogP contribution in [0.5, 0.6) is 0 Å². The van der Waals surface area contributed by atoms with Crippen LogP contribution in [-0.4, -0.2) is 42.3 Å². The fraction of sp³-hybridized carbons (Fsp3) is 0.312. The molecule has 0 saturated carbocycles. The Labute approximate surface area is 118 Å². The van der Waals surface area contributed by atoms with Crippen LogP contribution in [0.15, 0.2) is 36.4 Å². The van der Waals surface area contributed by atoms with Crippen LogP contribution >= 0.6 is 0 Å². The van der Waals surface area contributed by atoms with Crippen LogP contribution in [0.1, 0.15) is 17.3 Å². The highest BCUT2D eigenvalue weighted by atomic mass is 16.3. The zero-order valence-electron chi connectivity index (χ0n) is 11.7. The number of fused-ring (bicyclic) bond motifs is 1. The predicted octanol–water partition coefficient (Wildman–Crippen LogP) is 1.83. The van der Waals surface area contributed by atoms with Gasteiger partial charge < -0.3 is 15.1 Å². The monoisotopic (exact) mass is 273 g/mol. The van der Waals surface area contributed by atoms with Crippen molar-refractivity contribution in [2.45, 2.75) is 13.0 Å². The summed E-state index contributed by atoms with van der Waals surface area (Å²) in [6.45, 7) is 1.67. The molecule has 1 atom stereocenters. The second-order valence-corrected chi connectivity index (χ2v) is 5.02. The van der Waals surface area contributed by atoms with E-state index in [0.29, 0.717) is 12.1 Å². The number of aliphatic hydroxyl groups is 2. The number of hydrogen-bond acceptors (Lipinski definition) is 4. The van der Waals surface area contributed by atoms with Gasteiger partial charge in [0.15, 0.2) is 5.78 Å². The lowest BCUT2D eigenvalue weighted by atomic mass is 10.0. The first-order chi connectivity index (χ1) is 9.51. The van der Waals surface area contributed by atoms with Crippen LogP contribution in [0.25, 0.3) is 10.8 Å². The maximum atomic E-state index is 11.4. The van der Waals surface area contributed by atoms with Gasteiger partial charge in [-0.15, -0.1) is 0 Å². The molecule has 0 radical (unpaired) electrons. The van der Waals surface area contributed by atoms with Crippen LogP contribution in [0.2, 0.25) is 0 Å². The van der Waals surface area contributed by atoms with Crippen molar-refractivity contribution < 1.29 is 15.0 Å². The minimum Gasteiger partial charge on any atom is -0.394 e. The van der Waals surface area contributed by atoms with E-state index >= 15 is 0 Å². The van der Waals surface area contributed by atoms with Crippen LogP contribution in [-0.2, 0) is 0 Å². The number of carbonyl (C=O) groups is 1. The van der Waals surface area contributed by atoms with E-state index in [4.69, 9.17) is 5.11 Å². The molecule has 0 aliphatic heterocycles. The Bertz CT molecular complexity index is 624. The van der Waals surface area contributed by atoms with E-state index in [-0.39, 0.29) is 12.4 Å². The van der Waals surface area contributed by atoms with E-state index in [0.717, 1.165) is 16.5 Å². The maximum absolute atomic E-state index is 11.4. The van der Waals surface area contributed by atoms with E-state index in [9.17, 15) is 9.90 Å². The molecule has 0 aliphatic carbocycles. The highest BCUT2D eigenvalue weighted by molar-refractivity contribution is 5.99. The van der Waals surface area contributed by atoms with E-state index in [2.05, 4.69) is 0 Å². The third-order valence-electron chi connectivity index (χ3n) is 3.37. The molecule has 2 aromatic carbocycles. The van der Waals surface area contributed by atoms with Crippen LogP contribution in [0.4, 0.5) is 5.69 Å². The SMILES string of the molecule is CC(=O)c1ccc2cc(N(C)CC(O)CO)ccc2c1. The summed E-state index contributed by atoms with van der Waals surface area (Å²) >= 11 is 0. The molecule has 0 fully saturated rings. The van der Waals surface area contributed by atoms with Crippen LogP contribution in [0.3, 0.4) is 0 Å².